The average Bonchev–Trinajstić information content (AvgIpc) is 2.63. The van der Waals surface area contributed by atoms with Gasteiger partial charge in [-0.15, -0.1) is 0 Å². The molecule has 1 aromatic carbocycles. The van der Waals surface area contributed by atoms with Gasteiger partial charge in [-0.1, -0.05) is 6.92 Å². The van der Waals surface area contributed by atoms with Crippen LogP contribution >= 0.6 is 0 Å². The molecule has 0 bridgehead atoms. The van der Waals surface area contributed by atoms with Crippen molar-refractivity contribution in [3.05, 3.63) is 29.8 Å². The average molecular weight is 388 g/mol. The van der Waals surface area contributed by atoms with Crippen molar-refractivity contribution in [1.82, 2.24) is 5.32 Å². The lowest BCUT2D eigenvalue weighted by Gasteiger charge is -2.32. The predicted molar refractivity (Wildman–Crippen MR) is 106 cm³/mol. The lowest BCUT2D eigenvalue weighted by Crippen LogP contribution is -2.45. The van der Waals surface area contributed by atoms with E-state index in [9.17, 15) is 19.5 Å². The maximum absolute atomic E-state index is 12.8. The summed E-state index contributed by atoms with van der Waals surface area (Å²) in [7, 11) is 0. The number of carboxylic acid groups (broad SMARTS) is 1. The van der Waals surface area contributed by atoms with Gasteiger partial charge in [-0.05, 0) is 50.5 Å². The van der Waals surface area contributed by atoms with E-state index in [4.69, 9.17) is 11.1 Å². The van der Waals surface area contributed by atoms with Crippen molar-refractivity contribution in [2.75, 3.05) is 11.4 Å². The molecule has 1 aromatic rings. The van der Waals surface area contributed by atoms with Gasteiger partial charge in [-0.25, -0.2) is 0 Å². The summed E-state index contributed by atoms with van der Waals surface area (Å²) in [5.74, 6) is -2.48. The summed E-state index contributed by atoms with van der Waals surface area (Å²) in [6.45, 7) is 4.01. The lowest BCUT2D eigenvalue weighted by atomic mass is 9.92. The zero-order valence-corrected chi connectivity index (χ0v) is 16.3. The molecule has 1 heterocycles. The van der Waals surface area contributed by atoms with Crippen LogP contribution in [-0.2, 0) is 14.4 Å². The first-order valence-electron chi connectivity index (χ1n) is 9.52. The number of rotatable bonds is 8. The molecule has 5 N–H and O–H groups in total. The molecule has 3 unspecified atom stereocenters. The number of nitrogen functional groups attached to an aromatic ring is 1. The van der Waals surface area contributed by atoms with E-state index >= 15 is 0 Å². The number of nitrogens with one attached hydrogen (secondary N) is 2. The number of piperidine rings is 1. The van der Waals surface area contributed by atoms with Gasteiger partial charge < -0.3 is 21.1 Å². The lowest BCUT2D eigenvalue weighted by molar-refractivity contribution is -0.143. The highest BCUT2D eigenvalue weighted by atomic mass is 16.4. The van der Waals surface area contributed by atoms with Gasteiger partial charge in [0.25, 0.3) is 0 Å². The molecule has 0 aliphatic carbocycles. The van der Waals surface area contributed by atoms with Crippen molar-refractivity contribution < 1.29 is 19.5 Å². The van der Waals surface area contributed by atoms with Crippen molar-refractivity contribution in [2.24, 2.45) is 17.6 Å². The first-order valence-corrected chi connectivity index (χ1v) is 9.52. The Morgan fingerprint density at radius 1 is 1.36 bits per heavy atom. The fraction of sp³-hybridized carbons (Fsp3) is 0.500. The van der Waals surface area contributed by atoms with Crippen LogP contribution in [-0.4, -0.2) is 41.3 Å². The van der Waals surface area contributed by atoms with E-state index in [-0.39, 0.29) is 24.1 Å². The summed E-state index contributed by atoms with van der Waals surface area (Å²) in [4.78, 5) is 38.1. The van der Waals surface area contributed by atoms with Gasteiger partial charge in [0, 0.05) is 36.2 Å². The molecular weight excluding hydrogens is 360 g/mol. The van der Waals surface area contributed by atoms with E-state index in [1.807, 2.05) is 0 Å². The second kappa shape index (κ2) is 9.34. The van der Waals surface area contributed by atoms with Crippen LogP contribution in [0.25, 0.3) is 0 Å². The molecule has 0 saturated carbocycles. The Labute approximate surface area is 164 Å². The fourth-order valence-corrected chi connectivity index (χ4v) is 3.60. The number of carbonyl (C=O) groups is 3. The van der Waals surface area contributed by atoms with Gasteiger partial charge in [0.1, 0.15) is 5.84 Å². The highest BCUT2D eigenvalue weighted by Gasteiger charge is 2.32. The Bertz CT molecular complexity index is 747. The smallest absolute Gasteiger partial charge is 0.308 e. The number of hydrogen-bond acceptors (Lipinski definition) is 4. The summed E-state index contributed by atoms with van der Waals surface area (Å²) in [5.41, 5.74) is 6.76. The van der Waals surface area contributed by atoms with Crippen LogP contribution in [0.4, 0.5) is 5.69 Å². The second-order valence-electron chi connectivity index (χ2n) is 7.20. The van der Waals surface area contributed by atoms with Crippen LogP contribution < -0.4 is 16.0 Å². The van der Waals surface area contributed by atoms with E-state index in [1.54, 1.807) is 43.0 Å². The Morgan fingerprint density at radius 2 is 2.00 bits per heavy atom. The standard InChI is InChI=1S/C20H28N4O4/c1-3-16(20(27)28)12(2)23-17(25)11-14-5-4-10-24(19(14)26)15-8-6-13(7-9-15)18(21)22/h6-9,12,14,16H,3-5,10-11H2,1-2H3,(H3,21,22)(H,23,25)(H,27,28). The first-order chi connectivity index (χ1) is 13.2. The molecule has 0 radical (unpaired) electrons. The third kappa shape index (κ3) is 5.09. The van der Waals surface area contributed by atoms with Crippen molar-refractivity contribution in [3.8, 4) is 0 Å². The number of benzene rings is 1. The maximum atomic E-state index is 12.8. The summed E-state index contributed by atoms with van der Waals surface area (Å²) in [6, 6.07) is 6.39. The number of amides is 2. The minimum atomic E-state index is -0.941. The molecule has 8 nitrogen and oxygen atoms in total. The molecule has 1 saturated heterocycles. The maximum Gasteiger partial charge on any atom is 0.308 e. The van der Waals surface area contributed by atoms with E-state index < -0.39 is 23.8 Å². The molecule has 152 valence electrons. The molecule has 0 aromatic heterocycles. The number of nitrogens with two attached hydrogens (primary N) is 1. The molecule has 0 spiro atoms. The minimum absolute atomic E-state index is 0.0352. The number of hydrogen-bond donors (Lipinski definition) is 4. The van der Waals surface area contributed by atoms with Crippen molar-refractivity contribution in [1.29, 1.82) is 5.41 Å². The summed E-state index contributed by atoms with van der Waals surface area (Å²) < 4.78 is 0. The third-order valence-corrected chi connectivity index (χ3v) is 5.22. The van der Waals surface area contributed by atoms with E-state index in [0.717, 1.165) is 6.42 Å². The second-order valence-corrected chi connectivity index (χ2v) is 7.20. The van der Waals surface area contributed by atoms with E-state index in [1.165, 1.54) is 0 Å². The van der Waals surface area contributed by atoms with Gasteiger partial charge in [-0.3, -0.25) is 19.8 Å². The zero-order chi connectivity index (χ0) is 20.8. The van der Waals surface area contributed by atoms with Crippen molar-refractivity contribution in [3.63, 3.8) is 0 Å². The number of carboxylic acids is 1. The molecule has 28 heavy (non-hydrogen) atoms. The van der Waals surface area contributed by atoms with Gasteiger partial charge >= 0.3 is 5.97 Å². The molecule has 2 rings (SSSR count). The van der Waals surface area contributed by atoms with Crippen LogP contribution in [0.3, 0.4) is 0 Å². The fourth-order valence-electron chi connectivity index (χ4n) is 3.60. The Hall–Kier alpha value is -2.90. The summed E-state index contributed by atoms with van der Waals surface area (Å²) in [5, 5.41) is 19.4. The number of nitrogens with zero attached hydrogens (tertiary/aromatic N) is 1. The van der Waals surface area contributed by atoms with E-state index in [0.29, 0.717) is 30.6 Å². The SMILES string of the molecule is CCC(C(=O)O)C(C)NC(=O)CC1CCCN(c2ccc(C(=N)N)cc2)C1=O. The monoisotopic (exact) mass is 388 g/mol. The van der Waals surface area contributed by atoms with Gasteiger partial charge in [0.15, 0.2) is 0 Å². The Balaban J connectivity index is 2.00. The van der Waals surface area contributed by atoms with Crippen molar-refractivity contribution >= 4 is 29.3 Å². The van der Waals surface area contributed by atoms with Crippen LogP contribution in [0.5, 0.6) is 0 Å². The summed E-state index contributed by atoms with van der Waals surface area (Å²) >= 11 is 0. The van der Waals surface area contributed by atoms with Crippen LogP contribution in [0.1, 0.15) is 45.1 Å². The van der Waals surface area contributed by atoms with Crippen molar-refractivity contribution in [2.45, 2.75) is 45.6 Å². The Morgan fingerprint density at radius 3 is 2.54 bits per heavy atom. The normalized spacial score (nSPS) is 19.0. The first kappa shape index (κ1) is 21.4. The molecule has 8 heteroatoms. The van der Waals surface area contributed by atoms with E-state index in [2.05, 4.69) is 5.32 Å². The quantitative estimate of drug-likeness (QED) is 0.397. The zero-order valence-electron chi connectivity index (χ0n) is 16.3. The van der Waals surface area contributed by atoms with Gasteiger partial charge in [-0.2, -0.15) is 0 Å². The van der Waals surface area contributed by atoms with Crippen LogP contribution in [0, 0.1) is 17.2 Å². The minimum Gasteiger partial charge on any atom is -0.481 e. The highest BCUT2D eigenvalue weighted by Crippen LogP contribution is 2.27. The molecule has 1 aliphatic heterocycles. The Kier molecular flexibility index (Phi) is 7.14. The largest absolute Gasteiger partial charge is 0.481 e. The van der Waals surface area contributed by atoms with Crippen LogP contribution in [0.2, 0.25) is 0 Å². The predicted octanol–water partition coefficient (Wildman–Crippen LogP) is 1.72. The molecule has 3 atom stereocenters. The molecule has 2 amide bonds. The number of carbonyl (C=O) groups excluding carboxylic acids is 2. The number of amidine groups is 1. The number of anilines is 1. The third-order valence-electron chi connectivity index (χ3n) is 5.22. The topological polar surface area (TPSA) is 137 Å². The highest BCUT2D eigenvalue weighted by molar-refractivity contribution is 5.99. The molecule has 1 aliphatic rings. The van der Waals surface area contributed by atoms with Gasteiger partial charge in [0.2, 0.25) is 11.8 Å². The summed E-state index contributed by atoms with van der Waals surface area (Å²) in [6.07, 6.45) is 1.86. The molecular formula is C20H28N4O4. The molecule has 1 fully saturated rings. The van der Waals surface area contributed by atoms with Crippen LogP contribution in [0.15, 0.2) is 24.3 Å². The number of aliphatic carboxylic acids is 1. The van der Waals surface area contributed by atoms with Gasteiger partial charge in [0.05, 0.1) is 5.92 Å².